The minimum atomic E-state index is -0.167. The third-order valence-corrected chi connectivity index (χ3v) is 1.84. The second-order valence-electron chi connectivity index (χ2n) is 6.52. The van der Waals surface area contributed by atoms with Crippen molar-refractivity contribution in [3.05, 3.63) is 59.7 Å². The quantitative estimate of drug-likeness (QED) is 0.405. The summed E-state index contributed by atoms with van der Waals surface area (Å²) in [6.07, 6.45) is 6.69. The van der Waals surface area contributed by atoms with Gasteiger partial charge in [0.15, 0.2) is 0 Å². The predicted octanol–water partition coefficient (Wildman–Crippen LogP) is 5.70. The summed E-state index contributed by atoms with van der Waals surface area (Å²) >= 11 is 6.66. The summed E-state index contributed by atoms with van der Waals surface area (Å²) in [5, 5.41) is 0. The molecule has 2 aromatic rings. The molecule has 0 amide bonds. The molecule has 0 aromatic carbocycles. The Hall–Kier alpha value is -1.66. The van der Waals surface area contributed by atoms with E-state index in [-0.39, 0.29) is 11.1 Å². The number of rotatable bonds is 1. The second-order valence-corrected chi connectivity index (χ2v) is 6.78. The number of nitrogens with zero attached hydrogens (tertiary/aromatic N) is 5. The molecule has 27 heavy (non-hydrogen) atoms. The van der Waals surface area contributed by atoms with Gasteiger partial charge in [-0.05, 0) is 5.82 Å². The first kappa shape index (κ1) is 30.1. The molecule has 0 unspecified atom stereocenters. The van der Waals surface area contributed by atoms with Crippen LogP contribution in [-0.4, -0.2) is 26.0 Å². The minimum absolute atomic E-state index is 0.167. The largest absolute Gasteiger partial charge is 0.440 e. The van der Waals surface area contributed by atoms with Gasteiger partial charge in [0.2, 0.25) is 11.1 Å². The first-order chi connectivity index (χ1) is 12.5. The zero-order valence-corrected chi connectivity index (χ0v) is 19.5. The van der Waals surface area contributed by atoms with E-state index in [1.165, 1.54) is 0 Å². The van der Waals surface area contributed by atoms with Gasteiger partial charge in [0.1, 0.15) is 5.82 Å². The Morgan fingerprint density at radius 2 is 1.48 bits per heavy atom. The van der Waals surface area contributed by atoms with Gasteiger partial charge in [-0.25, -0.2) is 18.1 Å². The molecule has 0 saturated carbocycles. The van der Waals surface area contributed by atoms with Crippen molar-refractivity contribution in [2.45, 2.75) is 52.6 Å². The summed E-state index contributed by atoms with van der Waals surface area (Å²) in [4.78, 5) is 21.3. The van der Waals surface area contributed by atoms with Gasteiger partial charge in [-0.15, -0.1) is 0 Å². The molecular formula is C18H25Cl2N6Rh. The average molecular weight is 499 g/mol. The van der Waals surface area contributed by atoms with Gasteiger partial charge in [-0.1, -0.05) is 12.4 Å². The second kappa shape index (κ2) is 17.7. The standard InChI is InChI=1S/C6H5N4.2C5H9N.C2H2Cl.ClH.Rh/c1-2-8-5(7-1)6-9-3-4-10-6;2*1-5(2,3)6-4;1-2-3;;/h1-4H,(H-,7,8,9,10);2*1-3H3;1H2;1H;/q-1;;;-1;;+3/p-1. The SMILES string of the molecule is C=[C-]Cl.[C-]#[N+]C(C)(C)C.[C-]#[N+]C(C)(C)C.[Cl][Rh+2].c1c[n-]c(-c2ncc[nH]2)n1. The fraction of sp³-hybridized carbons (Fsp3) is 0.444. The molecule has 6 nitrogen and oxygen atoms in total. The average Bonchev–Trinajstić information content (AvgIpc) is 3.30. The van der Waals surface area contributed by atoms with Gasteiger partial charge in [0.05, 0.1) is 0 Å². The molecule has 150 valence electrons. The molecule has 0 saturated heterocycles. The smallest absolute Gasteiger partial charge is 0.128 e. The number of hydrogen-bond donors (Lipinski definition) is 1. The van der Waals surface area contributed by atoms with Crippen LogP contribution in [0.3, 0.4) is 0 Å². The maximum Gasteiger partial charge on any atom is 0.128 e. The van der Waals surface area contributed by atoms with E-state index in [2.05, 4.69) is 57.5 Å². The Bertz CT molecular complexity index is 586. The normalized spacial score (nSPS) is 9.00. The molecule has 0 atom stereocenters. The Labute approximate surface area is 182 Å². The molecule has 2 heterocycles. The van der Waals surface area contributed by atoms with Crippen LogP contribution in [0, 0.1) is 18.7 Å². The Balaban J connectivity index is -0.000000299. The van der Waals surface area contributed by atoms with E-state index in [4.69, 9.17) is 13.1 Å². The number of H-pyrrole nitrogens is 1. The maximum absolute atomic E-state index is 6.48. The van der Waals surface area contributed by atoms with Crippen LogP contribution in [0.1, 0.15) is 41.5 Å². The molecular weight excluding hydrogens is 474 g/mol. The van der Waals surface area contributed by atoms with E-state index >= 15 is 0 Å². The summed E-state index contributed by atoms with van der Waals surface area (Å²) in [6, 6.07) is 0. The van der Waals surface area contributed by atoms with Crippen molar-refractivity contribution in [3.63, 3.8) is 0 Å². The molecule has 1 N–H and O–H groups in total. The number of aromatic amines is 1. The van der Waals surface area contributed by atoms with Crippen LogP contribution in [0.25, 0.3) is 21.3 Å². The van der Waals surface area contributed by atoms with Crippen LogP contribution in [0.4, 0.5) is 0 Å². The van der Waals surface area contributed by atoms with Crippen LogP contribution in [-0.2, 0) is 17.3 Å². The van der Waals surface area contributed by atoms with Gasteiger partial charge < -0.3 is 41.8 Å². The van der Waals surface area contributed by atoms with Crippen molar-refractivity contribution in [2.75, 3.05) is 0 Å². The summed E-state index contributed by atoms with van der Waals surface area (Å²) in [7, 11) is 4.53. The van der Waals surface area contributed by atoms with Crippen molar-refractivity contribution >= 4 is 21.3 Å². The summed E-state index contributed by atoms with van der Waals surface area (Å²) in [6.45, 7) is 27.3. The van der Waals surface area contributed by atoms with E-state index in [0.29, 0.717) is 11.6 Å². The van der Waals surface area contributed by atoms with Crippen molar-refractivity contribution in [2.24, 2.45) is 0 Å². The molecule has 0 fully saturated rings. The van der Waals surface area contributed by atoms with Crippen molar-refractivity contribution in [3.8, 4) is 11.6 Å². The maximum atomic E-state index is 6.48. The third-order valence-electron chi connectivity index (χ3n) is 1.84. The molecule has 9 heteroatoms. The number of nitrogens with one attached hydrogen (secondary N) is 1. The monoisotopic (exact) mass is 498 g/mol. The third kappa shape index (κ3) is 24.3. The van der Waals surface area contributed by atoms with Gasteiger partial charge >= 0.3 is 27.0 Å². The molecule has 0 aliphatic heterocycles. The van der Waals surface area contributed by atoms with Crippen LogP contribution in [0.15, 0.2) is 31.4 Å². The molecule has 0 aliphatic rings. The molecule has 0 spiro atoms. The predicted molar refractivity (Wildman–Crippen MR) is 108 cm³/mol. The van der Waals surface area contributed by atoms with E-state index in [9.17, 15) is 0 Å². The van der Waals surface area contributed by atoms with Crippen LogP contribution >= 0.6 is 21.3 Å². The number of imidazole rings is 2. The van der Waals surface area contributed by atoms with Crippen LogP contribution in [0.5, 0.6) is 0 Å². The topological polar surface area (TPSA) is 64.4 Å². The Morgan fingerprint density at radius 3 is 1.70 bits per heavy atom. The first-order valence-corrected chi connectivity index (χ1v) is 9.95. The van der Waals surface area contributed by atoms with E-state index < -0.39 is 0 Å². The van der Waals surface area contributed by atoms with E-state index in [1.54, 1.807) is 24.8 Å². The minimum Gasteiger partial charge on any atom is -0.440 e. The van der Waals surface area contributed by atoms with Gasteiger partial charge in [-0.3, -0.25) is 6.58 Å². The number of aromatic nitrogens is 4. The van der Waals surface area contributed by atoms with Gasteiger partial charge in [-0.2, -0.15) is 0 Å². The van der Waals surface area contributed by atoms with Crippen molar-refractivity contribution in [1.29, 1.82) is 0 Å². The Morgan fingerprint density at radius 1 is 1.07 bits per heavy atom. The number of hydrogen-bond acceptors (Lipinski definition) is 2. The van der Waals surface area contributed by atoms with E-state index in [1.807, 2.05) is 64.4 Å². The van der Waals surface area contributed by atoms with E-state index in [0.717, 1.165) is 0 Å². The zero-order chi connectivity index (χ0) is 21.9. The van der Waals surface area contributed by atoms with Gasteiger partial charge in [0, 0.05) is 53.9 Å². The summed E-state index contributed by atoms with van der Waals surface area (Å²) in [5.41, 5.74) is 1.64. The molecule has 2 rings (SSSR count). The molecule has 0 aliphatic carbocycles. The first-order valence-electron chi connectivity index (χ1n) is 7.46. The fourth-order valence-electron chi connectivity index (χ4n) is 0.751. The molecule has 0 radical (unpaired) electrons. The Kier molecular flexibility index (Phi) is 19.8. The number of halogens is 2. The van der Waals surface area contributed by atoms with Crippen molar-refractivity contribution < 1.29 is 17.3 Å². The van der Waals surface area contributed by atoms with Crippen LogP contribution in [0.2, 0.25) is 0 Å². The zero-order valence-electron chi connectivity index (χ0n) is 16.3. The molecule has 0 bridgehead atoms. The van der Waals surface area contributed by atoms with Crippen molar-refractivity contribution in [1.82, 2.24) is 19.9 Å². The molecule has 2 aromatic heterocycles. The van der Waals surface area contributed by atoms with Gasteiger partial charge in [0.25, 0.3) is 0 Å². The fourth-order valence-corrected chi connectivity index (χ4v) is 0.751. The summed E-state index contributed by atoms with van der Waals surface area (Å²) in [5.74, 6) is 1.36. The summed E-state index contributed by atoms with van der Waals surface area (Å²) < 4.78 is 0. The van der Waals surface area contributed by atoms with Crippen LogP contribution < -0.4 is 4.98 Å².